The van der Waals surface area contributed by atoms with Crippen molar-refractivity contribution in [3.63, 3.8) is 0 Å². The van der Waals surface area contributed by atoms with Gasteiger partial charge in [-0.05, 0) is 5.56 Å². The van der Waals surface area contributed by atoms with Gasteiger partial charge in [0.05, 0.1) is 7.11 Å². The highest BCUT2D eigenvalue weighted by molar-refractivity contribution is 6.38. The summed E-state index contributed by atoms with van der Waals surface area (Å²) in [5, 5.41) is 2.90. The molecule has 0 saturated heterocycles. The molecule has 0 aromatic heterocycles. The minimum atomic E-state index is -0.863. The number of rotatable bonds is 5. The van der Waals surface area contributed by atoms with Crippen LogP contribution in [0.5, 0.6) is 0 Å². The average Bonchev–Trinajstić information content (AvgIpc) is 2.34. The molecule has 0 fully saturated rings. The molecule has 0 bridgehead atoms. The monoisotopic (exact) mass is 219 g/mol. The van der Waals surface area contributed by atoms with Gasteiger partial charge in [0.15, 0.2) is 0 Å². The van der Waals surface area contributed by atoms with E-state index in [0.717, 1.165) is 11.6 Å². The van der Waals surface area contributed by atoms with Gasteiger partial charge in [0.1, 0.15) is 0 Å². The number of benzene rings is 1. The second kappa shape index (κ2) is 6.40. The van der Waals surface area contributed by atoms with Crippen LogP contribution in [0.15, 0.2) is 42.6 Å². The standard InChI is InChI=1S/C12H13NO3/c1-16-12(15)11(14)7-8-13-9-10-5-3-2-4-6-10/h2-8,13H,9H2,1H3/b8-7+. The van der Waals surface area contributed by atoms with E-state index < -0.39 is 11.8 Å². The van der Waals surface area contributed by atoms with Gasteiger partial charge in [-0.1, -0.05) is 30.3 Å². The third-order valence-electron chi connectivity index (χ3n) is 1.89. The maximum atomic E-state index is 11.0. The molecule has 84 valence electrons. The molecule has 0 radical (unpaired) electrons. The SMILES string of the molecule is COC(=O)C(=O)/C=C/NCc1ccccc1. The van der Waals surface area contributed by atoms with Gasteiger partial charge in [0.25, 0.3) is 5.78 Å². The van der Waals surface area contributed by atoms with Crippen LogP contribution in [0.3, 0.4) is 0 Å². The van der Waals surface area contributed by atoms with E-state index in [1.807, 2.05) is 30.3 Å². The average molecular weight is 219 g/mol. The first-order valence-corrected chi connectivity index (χ1v) is 4.80. The van der Waals surface area contributed by atoms with Gasteiger partial charge in [0.2, 0.25) is 0 Å². The number of hydrogen-bond donors (Lipinski definition) is 1. The molecular formula is C12H13NO3. The third kappa shape index (κ3) is 3.96. The number of carbonyl (C=O) groups is 2. The second-order valence-electron chi connectivity index (χ2n) is 3.06. The molecule has 0 saturated carbocycles. The lowest BCUT2D eigenvalue weighted by molar-refractivity contribution is -0.149. The number of carbonyl (C=O) groups excluding carboxylic acids is 2. The van der Waals surface area contributed by atoms with Crippen LogP contribution >= 0.6 is 0 Å². The molecule has 1 aromatic carbocycles. The highest BCUT2D eigenvalue weighted by atomic mass is 16.5. The Bertz CT molecular complexity index is 385. The Morgan fingerprint density at radius 3 is 2.62 bits per heavy atom. The van der Waals surface area contributed by atoms with E-state index in [9.17, 15) is 9.59 Å². The second-order valence-corrected chi connectivity index (χ2v) is 3.06. The smallest absolute Gasteiger partial charge is 0.378 e. The highest BCUT2D eigenvalue weighted by Gasteiger charge is 2.08. The number of methoxy groups -OCH3 is 1. The topological polar surface area (TPSA) is 55.4 Å². The van der Waals surface area contributed by atoms with E-state index in [0.29, 0.717) is 6.54 Å². The van der Waals surface area contributed by atoms with Crippen LogP contribution in [0.25, 0.3) is 0 Å². The van der Waals surface area contributed by atoms with Crippen molar-refractivity contribution in [2.75, 3.05) is 7.11 Å². The minimum Gasteiger partial charge on any atom is -0.463 e. The predicted octanol–water partition coefficient (Wildman–Crippen LogP) is 1.03. The summed E-state index contributed by atoms with van der Waals surface area (Å²) in [5.74, 6) is -1.54. The van der Waals surface area contributed by atoms with Crippen LogP contribution in [0.4, 0.5) is 0 Å². The van der Waals surface area contributed by atoms with Crippen LogP contribution in [-0.2, 0) is 20.9 Å². The summed E-state index contributed by atoms with van der Waals surface area (Å²) in [6.07, 6.45) is 2.58. The van der Waals surface area contributed by atoms with E-state index in [1.54, 1.807) is 0 Å². The Hall–Kier alpha value is -2.10. The van der Waals surface area contributed by atoms with E-state index in [2.05, 4.69) is 10.1 Å². The Balaban J connectivity index is 2.33. The van der Waals surface area contributed by atoms with Crippen LogP contribution in [-0.4, -0.2) is 18.9 Å². The Morgan fingerprint density at radius 1 is 1.31 bits per heavy atom. The van der Waals surface area contributed by atoms with E-state index in [4.69, 9.17) is 0 Å². The Morgan fingerprint density at radius 2 is 2.00 bits per heavy atom. The molecule has 1 N–H and O–H groups in total. The first-order valence-electron chi connectivity index (χ1n) is 4.80. The van der Waals surface area contributed by atoms with Crippen molar-refractivity contribution in [1.29, 1.82) is 0 Å². The number of esters is 1. The predicted molar refractivity (Wildman–Crippen MR) is 59.4 cm³/mol. The van der Waals surface area contributed by atoms with Crippen molar-refractivity contribution in [2.45, 2.75) is 6.54 Å². The number of ketones is 1. The lowest BCUT2D eigenvalue weighted by atomic mass is 10.2. The molecule has 0 amide bonds. The van der Waals surface area contributed by atoms with Gasteiger partial charge >= 0.3 is 5.97 Å². The number of ether oxygens (including phenoxy) is 1. The van der Waals surface area contributed by atoms with Gasteiger partial charge in [-0.2, -0.15) is 0 Å². The van der Waals surface area contributed by atoms with Gasteiger partial charge < -0.3 is 10.1 Å². The summed E-state index contributed by atoms with van der Waals surface area (Å²) in [4.78, 5) is 21.7. The molecule has 1 rings (SSSR count). The quantitative estimate of drug-likeness (QED) is 0.456. The highest BCUT2D eigenvalue weighted by Crippen LogP contribution is 1.96. The van der Waals surface area contributed by atoms with Gasteiger partial charge in [-0.3, -0.25) is 4.79 Å². The van der Waals surface area contributed by atoms with Crippen molar-refractivity contribution in [3.05, 3.63) is 48.2 Å². The van der Waals surface area contributed by atoms with Crippen molar-refractivity contribution in [2.24, 2.45) is 0 Å². The number of hydrogen-bond acceptors (Lipinski definition) is 4. The number of nitrogens with one attached hydrogen (secondary N) is 1. The molecular weight excluding hydrogens is 206 g/mol. The summed E-state index contributed by atoms with van der Waals surface area (Å²) in [6, 6.07) is 9.71. The van der Waals surface area contributed by atoms with Crippen molar-refractivity contribution >= 4 is 11.8 Å². The molecule has 0 aliphatic carbocycles. The van der Waals surface area contributed by atoms with Crippen molar-refractivity contribution in [1.82, 2.24) is 5.32 Å². The van der Waals surface area contributed by atoms with E-state index >= 15 is 0 Å². The fourth-order valence-electron chi connectivity index (χ4n) is 1.08. The Kier molecular flexibility index (Phi) is 4.79. The lowest BCUT2D eigenvalue weighted by Crippen LogP contribution is -2.14. The maximum absolute atomic E-state index is 11.0. The molecule has 0 aliphatic heterocycles. The van der Waals surface area contributed by atoms with Crippen LogP contribution in [0, 0.1) is 0 Å². The molecule has 4 nitrogen and oxygen atoms in total. The van der Waals surface area contributed by atoms with Crippen LogP contribution in [0.1, 0.15) is 5.56 Å². The Labute approximate surface area is 93.9 Å². The fourth-order valence-corrected chi connectivity index (χ4v) is 1.08. The van der Waals surface area contributed by atoms with Crippen molar-refractivity contribution < 1.29 is 14.3 Å². The zero-order valence-electron chi connectivity index (χ0n) is 8.97. The summed E-state index contributed by atoms with van der Waals surface area (Å²) in [6.45, 7) is 0.603. The summed E-state index contributed by atoms with van der Waals surface area (Å²) in [5.41, 5.74) is 1.10. The molecule has 0 unspecified atom stereocenters. The summed E-state index contributed by atoms with van der Waals surface area (Å²) >= 11 is 0. The minimum absolute atomic E-state index is 0.603. The zero-order chi connectivity index (χ0) is 11.8. The first kappa shape index (κ1) is 12.0. The van der Waals surface area contributed by atoms with Gasteiger partial charge in [-0.15, -0.1) is 0 Å². The molecule has 0 spiro atoms. The lowest BCUT2D eigenvalue weighted by Gasteiger charge is -1.99. The third-order valence-corrected chi connectivity index (χ3v) is 1.89. The van der Waals surface area contributed by atoms with Gasteiger partial charge in [0, 0.05) is 18.8 Å². The molecule has 16 heavy (non-hydrogen) atoms. The van der Waals surface area contributed by atoms with E-state index in [-0.39, 0.29) is 0 Å². The largest absolute Gasteiger partial charge is 0.463 e. The van der Waals surface area contributed by atoms with Crippen LogP contribution < -0.4 is 5.32 Å². The van der Waals surface area contributed by atoms with Crippen molar-refractivity contribution in [3.8, 4) is 0 Å². The molecule has 0 aliphatic rings. The molecule has 1 aromatic rings. The van der Waals surface area contributed by atoms with E-state index in [1.165, 1.54) is 13.3 Å². The zero-order valence-corrected chi connectivity index (χ0v) is 8.97. The molecule has 4 heteroatoms. The summed E-state index contributed by atoms with van der Waals surface area (Å²) < 4.78 is 4.26. The first-order chi connectivity index (χ1) is 7.74. The maximum Gasteiger partial charge on any atom is 0.378 e. The van der Waals surface area contributed by atoms with Crippen LogP contribution in [0.2, 0.25) is 0 Å². The molecule has 0 atom stereocenters. The fraction of sp³-hybridized carbons (Fsp3) is 0.167. The normalized spacial score (nSPS) is 10.1. The summed E-state index contributed by atoms with van der Waals surface area (Å²) in [7, 11) is 1.17. The molecule has 0 heterocycles. The van der Waals surface area contributed by atoms with Gasteiger partial charge in [-0.25, -0.2) is 4.79 Å².